The maximum atomic E-state index is 13.7. The molecule has 1 aliphatic heterocycles. The van der Waals surface area contributed by atoms with Gasteiger partial charge in [-0.2, -0.15) is 0 Å². The number of esters is 1. The van der Waals surface area contributed by atoms with Gasteiger partial charge in [-0.1, -0.05) is 28.1 Å². The van der Waals surface area contributed by atoms with E-state index < -0.39 is 11.6 Å². The smallest absolute Gasteiger partial charge is 0.351 e. The number of hydrogen-bond acceptors (Lipinski definition) is 4. The average molecular weight is 487 g/mol. The van der Waals surface area contributed by atoms with Gasteiger partial charge < -0.3 is 9.47 Å². The minimum Gasteiger partial charge on any atom is -0.476 e. The largest absolute Gasteiger partial charge is 0.476 e. The Kier molecular flexibility index (Phi) is 7.02. The second-order valence-electron chi connectivity index (χ2n) is 8.51. The van der Waals surface area contributed by atoms with Crippen molar-refractivity contribution < 1.29 is 19.1 Å². The minimum absolute atomic E-state index is 0.0347. The van der Waals surface area contributed by atoms with Crippen molar-refractivity contribution in [2.75, 3.05) is 13.1 Å². The van der Waals surface area contributed by atoms with Crippen LogP contribution >= 0.6 is 15.9 Å². The molecule has 31 heavy (non-hydrogen) atoms. The summed E-state index contributed by atoms with van der Waals surface area (Å²) in [6, 6.07) is 14.9. The second-order valence-corrected chi connectivity index (χ2v) is 9.43. The van der Waals surface area contributed by atoms with E-state index in [4.69, 9.17) is 9.47 Å². The van der Waals surface area contributed by atoms with E-state index in [1.54, 1.807) is 33.8 Å². The number of rotatable bonds is 6. The third kappa shape index (κ3) is 5.25. The van der Waals surface area contributed by atoms with E-state index in [9.17, 15) is 9.59 Å². The molecule has 1 heterocycles. The molecule has 1 atom stereocenters. The van der Waals surface area contributed by atoms with E-state index in [1.807, 2.05) is 42.5 Å². The lowest BCUT2D eigenvalue weighted by Gasteiger charge is -2.36. The Balaban J connectivity index is 1.95. The summed E-state index contributed by atoms with van der Waals surface area (Å²) in [5, 5.41) is 0. The number of hydrogen-bond donors (Lipinski definition) is 0. The van der Waals surface area contributed by atoms with Crippen molar-refractivity contribution in [1.29, 1.82) is 0 Å². The summed E-state index contributed by atoms with van der Waals surface area (Å²) >= 11 is 3.43. The molecule has 1 amide bonds. The number of nitrogens with zero attached hydrogens (tertiary/aromatic N) is 1. The summed E-state index contributed by atoms with van der Waals surface area (Å²) in [7, 11) is 0. The first-order chi connectivity index (χ1) is 14.6. The molecule has 0 N–H and O–H groups in total. The molecule has 0 fully saturated rings. The Morgan fingerprint density at radius 2 is 1.77 bits per heavy atom. The van der Waals surface area contributed by atoms with Crippen LogP contribution in [0.3, 0.4) is 0 Å². The molecule has 3 rings (SSSR count). The number of amides is 1. The molecule has 2 aromatic rings. The van der Waals surface area contributed by atoms with Crippen molar-refractivity contribution in [3.05, 3.63) is 70.7 Å². The number of ether oxygens (including phenoxy) is 2. The van der Waals surface area contributed by atoms with Gasteiger partial charge in [0, 0.05) is 17.0 Å². The quantitative estimate of drug-likeness (QED) is 0.300. The van der Waals surface area contributed by atoms with Crippen LogP contribution in [0.4, 0.5) is 5.69 Å². The lowest BCUT2D eigenvalue weighted by molar-refractivity contribution is -0.163. The summed E-state index contributed by atoms with van der Waals surface area (Å²) in [5.74, 6) is 0.134. The van der Waals surface area contributed by atoms with Crippen molar-refractivity contribution in [2.45, 2.75) is 45.8 Å². The van der Waals surface area contributed by atoms with Crippen LogP contribution in [0.25, 0.3) is 0 Å². The summed E-state index contributed by atoms with van der Waals surface area (Å²) < 4.78 is 12.4. The maximum Gasteiger partial charge on any atom is 0.351 e. The predicted molar refractivity (Wildman–Crippen MR) is 126 cm³/mol. The molecule has 0 saturated carbocycles. The predicted octanol–water partition coefficient (Wildman–Crippen LogP) is 5.67. The Hall–Kier alpha value is -2.44. The molecule has 6 heteroatoms. The average Bonchev–Trinajstić information content (AvgIpc) is 2.73. The summed E-state index contributed by atoms with van der Waals surface area (Å²) in [5.41, 5.74) is 0.346. The van der Waals surface area contributed by atoms with E-state index in [0.29, 0.717) is 24.4 Å². The number of quaternary nitrogens is 1. The zero-order chi connectivity index (χ0) is 22.6. The monoisotopic (exact) mass is 486 g/mol. The third-order valence-corrected chi connectivity index (χ3v) is 5.79. The first-order valence-corrected chi connectivity index (χ1v) is 11.3. The first kappa shape index (κ1) is 23.2. The molecule has 2 aromatic carbocycles. The molecule has 1 unspecified atom stereocenters. The van der Waals surface area contributed by atoms with Gasteiger partial charge in [-0.15, -0.1) is 0 Å². The van der Waals surface area contributed by atoms with E-state index in [-0.39, 0.29) is 16.5 Å². The number of carbonyl (C=O) groups excluding carboxylic acids is 2. The highest BCUT2D eigenvalue weighted by Crippen LogP contribution is 2.33. The first-order valence-electron chi connectivity index (χ1n) is 10.5. The van der Waals surface area contributed by atoms with Gasteiger partial charge in [0.05, 0.1) is 18.2 Å². The highest BCUT2D eigenvalue weighted by Gasteiger charge is 2.41. The van der Waals surface area contributed by atoms with Crippen LogP contribution in [0.1, 0.15) is 44.5 Å². The number of carbonyl (C=O) groups is 2. The topological polar surface area (TPSA) is 52.6 Å². The highest BCUT2D eigenvalue weighted by molar-refractivity contribution is 9.10. The lowest BCUT2D eigenvalue weighted by atomic mass is 10.1. The van der Waals surface area contributed by atoms with Gasteiger partial charge in [0.2, 0.25) is 0 Å². The molecule has 0 saturated heterocycles. The SMILES string of the molecule is CC(C)OC(=O)C(C)(C)Oc1cccc([N+]2(C(=O)c3ccc(Br)cc3)CC=CCC2)c1. The molecular weight excluding hydrogens is 458 g/mol. The van der Waals surface area contributed by atoms with E-state index in [1.165, 1.54) is 0 Å². The Morgan fingerprint density at radius 1 is 1.06 bits per heavy atom. The molecule has 1 aliphatic rings. The molecule has 0 bridgehead atoms. The van der Waals surface area contributed by atoms with Crippen LogP contribution in [0.5, 0.6) is 5.75 Å². The lowest BCUT2D eigenvalue weighted by Crippen LogP contribution is -2.56. The Bertz CT molecular complexity index is 981. The van der Waals surface area contributed by atoms with Gasteiger partial charge >= 0.3 is 11.9 Å². The van der Waals surface area contributed by atoms with Gasteiger partial charge in [-0.25, -0.2) is 14.1 Å². The maximum absolute atomic E-state index is 13.7. The van der Waals surface area contributed by atoms with E-state index in [0.717, 1.165) is 16.6 Å². The Morgan fingerprint density at radius 3 is 2.39 bits per heavy atom. The van der Waals surface area contributed by atoms with Gasteiger partial charge in [-0.05, 0) is 70.2 Å². The van der Waals surface area contributed by atoms with Crippen LogP contribution < -0.4 is 9.22 Å². The Labute approximate surface area is 192 Å². The second kappa shape index (κ2) is 9.37. The zero-order valence-corrected chi connectivity index (χ0v) is 20.0. The fourth-order valence-electron chi connectivity index (χ4n) is 3.64. The van der Waals surface area contributed by atoms with Gasteiger partial charge in [0.1, 0.15) is 18.0 Å². The van der Waals surface area contributed by atoms with Crippen molar-refractivity contribution >= 4 is 33.5 Å². The summed E-state index contributed by atoms with van der Waals surface area (Å²) in [6.45, 7) is 8.21. The molecule has 5 nitrogen and oxygen atoms in total. The third-order valence-electron chi connectivity index (χ3n) is 5.26. The molecular formula is C25H29BrNO4+. The molecule has 164 valence electrons. The fourth-order valence-corrected chi connectivity index (χ4v) is 3.90. The molecule has 0 radical (unpaired) electrons. The van der Waals surface area contributed by atoms with Gasteiger partial charge in [0.25, 0.3) is 0 Å². The molecule has 0 aromatic heterocycles. The number of benzene rings is 2. The van der Waals surface area contributed by atoms with Crippen molar-refractivity contribution in [3.8, 4) is 5.75 Å². The van der Waals surface area contributed by atoms with Crippen LogP contribution in [0.15, 0.2) is 65.2 Å². The standard InChI is InChI=1S/C25H29BrNO4/c1-18(2)30-24(29)25(3,4)31-22-10-8-9-21(17-22)27(15-6-5-7-16-27)23(28)19-11-13-20(26)14-12-19/h5-6,8-14,17-18H,7,15-16H2,1-4H3/q+1. The van der Waals surface area contributed by atoms with Gasteiger partial charge in [0.15, 0.2) is 5.60 Å². The van der Waals surface area contributed by atoms with Crippen LogP contribution in [-0.2, 0) is 9.53 Å². The van der Waals surface area contributed by atoms with Crippen LogP contribution in [0.2, 0.25) is 0 Å². The summed E-state index contributed by atoms with van der Waals surface area (Å²) in [4.78, 5) is 26.1. The van der Waals surface area contributed by atoms with Crippen LogP contribution in [0, 0.1) is 0 Å². The minimum atomic E-state index is -1.15. The van der Waals surface area contributed by atoms with Crippen molar-refractivity contribution in [3.63, 3.8) is 0 Å². The summed E-state index contributed by atoms with van der Waals surface area (Å²) in [6.07, 6.45) is 4.74. The van der Waals surface area contributed by atoms with E-state index in [2.05, 4.69) is 28.1 Å². The fraction of sp³-hybridized carbons (Fsp3) is 0.360. The molecule has 0 spiro atoms. The van der Waals surface area contributed by atoms with Crippen molar-refractivity contribution in [1.82, 2.24) is 4.48 Å². The van der Waals surface area contributed by atoms with Gasteiger partial charge in [-0.3, -0.25) is 0 Å². The normalized spacial score (nSPS) is 18.6. The molecule has 0 aliphatic carbocycles. The van der Waals surface area contributed by atoms with Crippen LogP contribution in [-0.4, -0.2) is 36.7 Å². The number of halogens is 1. The van der Waals surface area contributed by atoms with Crippen molar-refractivity contribution in [2.24, 2.45) is 0 Å². The van der Waals surface area contributed by atoms with E-state index >= 15 is 0 Å². The highest BCUT2D eigenvalue weighted by atomic mass is 79.9. The zero-order valence-electron chi connectivity index (χ0n) is 18.4.